The van der Waals surface area contributed by atoms with E-state index < -0.39 is 5.91 Å². The fourth-order valence-electron chi connectivity index (χ4n) is 3.59. The third kappa shape index (κ3) is 5.06. The fourth-order valence-corrected chi connectivity index (χ4v) is 3.59. The number of benzene rings is 2. The molecule has 0 aliphatic rings. The van der Waals surface area contributed by atoms with Crippen LogP contribution in [0.2, 0.25) is 0 Å². The number of hydrogen-bond acceptors (Lipinski definition) is 7. The number of hydroxylamine groups is 1. The van der Waals surface area contributed by atoms with Crippen molar-refractivity contribution in [2.45, 2.75) is 6.10 Å². The average Bonchev–Trinajstić information content (AvgIpc) is 3.33. The van der Waals surface area contributed by atoms with Crippen LogP contribution in [0, 0.1) is 0 Å². The van der Waals surface area contributed by atoms with Gasteiger partial charge in [0.2, 0.25) is 0 Å². The van der Waals surface area contributed by atoms with Crippen molar-refractivity contribution < 1.29 is 28.7 Å². The molecule has 2 heterocycles. The SMILES string of the molecule is COC(c1cccnc1)c1cccc2oc(C(=O)NCCOc3ccc(C(=O)NO)cc3)cc12. The molecule has 1 atom stereocenters. The highest BCUT2D eigenvalue weighted by Gasteiger charge is 2.20. The van der Waals surface area contributed by atoms with Gasteiger partial charge in [-0.1, -0.05) is 18.2 Å². The summed E-state index contributed by atoms with van der Waals surface area (Å²) in [5, 5.41) is 12.2. The summed E-state index contributed by atoms with van der Waals surface area (Å²) >= 11 is 0. The van der Waals surface area contributed by atoms with Gasteiger partial charge in [-0.2, -0.15) is 0 Å². The number of aromatic nitrogens is 1. The quantitative estimate of drug-likeness (QED) is 0.198. The number of furan rings is 1. The summed E-state index contributed by atoms with van der Waals surface area (Å²) in [6, 6.07) is 17.3. The highest BCUT2D eigenvalue weighted by Crippen LogP contribution is 2.32. The Hall–Kier alpha value is -4.21. The number of pyridine rings is 1. The molecule has 9 nitrogen and oxygen atoms in total. The van der Waals surface area contributed by atoms with Gasteiger partial charge < -0.3 is 19.2 Å². The lowest BCUT2D eigenvalue weighted by atomic mass is 9.99. The molecule has 0 aliphatic carbocycles. The number of hydrogen-bond donors (Lipinski definition) is 3. The maximum atomic E-state index is 12.6. The Morgan fingerprint density at radius 2 is 1.91 bits per heavy atom. The van der Waals surface area contributed by atoms with E-state index in [9.17, 15) is 9.59 Å². The molecule has 9 heteroatoms. The number of amides is 2. The number of carbonyl (C=O) groups is 2. The van der Waals surface area contributed by atoms with Crippen molar-refractivity contribution in [3.05, 3.63) is 95.5 Å². The predicted octanol–water partition coefficient (Wildman–Crippen LogP) is 3.49. The molecule has 174 valence electrons. The summed E-state index contributed by atoms with van der Waals surface area (Å²) in [7, 11) is 1.62. The Bertz CT molecular complexity index is 1270. The molecule has 4 aromatic rings. The van der Waals surface area contributed by atoms with E-state index in [1.807, 2.05) is 24.3 Å². The maximum absolute atomic E-state index is 12.6. The van der Waals surface area contributed by atoms with Crippen molar-refractivity contribution in [3.8, 4) is 5.75 Å². The molecule has 0 saturated carbocycles. The molecule has 0 radical (unpaired) electrons. The second-order valence-corrected chi connectivity index (χ2v) is 7.34. The van der Waals surface area contributed by atoms with Crippen LogP contribution in [-0.4, -0.2) is 42.3 Å². The molecule has 3 N–H and O–H groups in total. The van der Waals surface area contributed by atoms with Gasteiger partial charge in [-0.15, -0.1) is 0 Å². The van der Waals surface area contributed by atoms with Crippen LogP contribution in [-0.2, 0) is 4.74 Å². The number of ether oxygens (including phenoxy) is 2. The smallest absolute Gasteiger partial charge is 0.287 e. The molecule has 34 heavy (non-hydrogen) atoms. The zero-order valence-corrected chi connectivity index (χ0v) is 18.4. The number of nitrogens with zero attached hydrogens (tertiary/aromatic N) is 1. The molecule has 4 rings (SSSR count). The summed E-state index contributed by atoms with van der Waals surface area (Å²) in [5.41, 5.74) is 4.21. The maximum Gasteiger partial charge on any atom is 0.287 e. The van der Waals surface area contributed by atoms with Gasteiger partial charge >= 0.3 is 0 Å². The fraction of sp³-hybridized carbons (Fsp3) is 0.160. The van der Waals surface area contributed by atoms with Crippen molar-refractivity contribution in [1.29, 1.82) is 0 Å². The molecular weight excluding hydrogens is 438 g/mol. The summed E-state index contributed by atoms with van der Waals surface area (Å²) in [5.74, 6) is -0.262. The first kappa shape index (κ1) is 23.0. The van der Waals surface area contributed by atoms with E-state index >= 15 is 0 Å². The van der Waals surface area contributed by atoms with Crippen molar-refractivity contribution in [2.24, 2.45) is 0 Å². The van der Waals surface area contributed by atoms with Crippen molar-refractivity contribution >= 4 is 22.8 Å². The second kappa shape index (κ2) is 10.6. The lowest BCUT2D eigenvalue weighted by molar-refractivity contribution is 0.0706. The first-order valence-electron chi connectivity index (χ1n) is 10.5. The molecule has 0 spiro atoms. The molecule has 2 amide bonds. The Balaban J connectivity index is 1.39. The number of rotatable bonds is 9. The van der Waals surface area contributed by atoms with Gasteiger partial charge in [0.1, 0.15) is 24.0 Å². The highest BCUT2D eigenvalue weighted by molar-refractivity contribution is 5.97. The zero-order valence-electron chi connectivity index (χ0n) is 18.4. The Labute approximate surface area is 195 Å². The first-order chi connectivity index (χ1) is 16.6. The van der Waals surface area contributed by atoms with E-state index in [4.69, 9.17) is 19.1 Å². The highest BCUT2D eigenvalue weighted by atomic mass is 16.5. The van der Waals surface area contributed by atoms with E-state index in [1.165, 1.54) is 12.1 Å². The number of carbonyl (C=O) groups excluding carboxylic acids is 2. The van der Waals surface area contributed by atoms with Crippen LogP contribution in [0.1, 0.15) is 38.1 Å². The van der Waals surface area contributed by atoms with E-state index in [0.717, 1.165) is 16.5 Å². The minimum absolute atomic E-state index is 0.183. The topological polar surface area (TPSA) is 123 Å². The van der Waals surface area contributed by atoms with Gasteiger partial charge in [0.25, 0.3) is 11.8 Å². The van der Waals surface area contributed by atoms with Crippen LogP contribution in [0.4, 0.5) is 0 Å². The van der Waals surface area contributed by atoms with Gasteiger partial charge in [0.05, 0.1) is 6.54 Å². The lowest BCUT2D eigenvalue weighted by Gasteiger charge is -2.16. The standard InChI is InChI=1S/C25H23N3O6/c1-32-23(17-4-3-11-26-15-17)19-5-2-6-21-20(19)14-22(34-21)25(30)27-12-13-33-18-9-7-16(8-10-18)24(29)28-31/h2-11,14-15,23,31H,12-13H2,1H3,(H,27,30)(H,28,29). The molecule has 2 aromatic carbocycles. The third-order valence-corrected chi connectivity index (χ3v) is 5.20. The van der Waals surface area contributed by atoms with Crippen molar-refractivity contribution in [2.75, 3.05) is 20.3 Å². The Kier molecular flexibility index (Phi) is 7.16. The van der Waals surface area contributed by atoms with Crippen LogP contribution in [0.25, 0.3) is 11.0 Å². The van der Waals surface area contributed by atoms with Gasteiger partial charge in [-0.25, -0.2) is 5.48 Å². The van der Waals surface area contributed by atoms with Crippen LogP contribution >= 0.6 is 0 Å². The van der Waals surface area contributed by atoms with Gasteiger partial charge in [0, 0.05) is 36.0 Å². The number of nitrogens with one attached hydrogen (secondary N) is 2. The molecule has 0 fully saturated rings. The largest absolute Gasteiger partial charge is 0.492 e. The summed E-state index contributed by atoms with van der Waals surface area (Å²) < 4.78 is 17.1. The van der Waals surface area contributed by atoms with Gasteiger partial charge in [-0.05, 0) is 48.0 Å². The average molecular weight is 461 g/mol. The zero-order chi connectivity index (χ0) is 23.9. The molecular formula is C25H23N3O6. The Morgan fingerprint density at radius 3 is 2.62 bits per heavy atom. The van der Waals surface area contributed by atoms with Crippen LogP contribution in [0.3, 0.4) is 0 Å². The molecule has 2 aromatic heterocycles. The third-order valence-electron chi connectivity index (χ3n) is 5.20. The van der Waals surface area contributed by atoms with Crippen LogP contribution in [0.5, 0.6) is 5.75 Å². The normalized spacial score (nSPS) is 11.7. The van der Waals surface area contributed by atoms with E-state index in [0.29, 0.717) is 16.9 Å². The molecule has 0 aliphatic heterocycles. The summed E-state index contributed by atoms with van der Waals surface area (Å²) in [6.07, 6.45) is 3.09. The van der Waals surface area contributed by atoms with E-state index in [2.05, 4.69) is 10.3 Å². The van der Waals surface area contributed by atoms with Crippen molar-refractivity contribution in [3.63, 3.8) is 0 Å². The van der Waals surface area contributed by atoms with Gasteiger partial charge in [0.15, 0.2) is 5.76 Å². The Morgan fingerprint density at radius 1 is 1.09 bits per heavy atom. The van der Waals surface area contributed by atoms with Crippen LogP contribution < -0.4 is 15.5 Å². The molecule has 1 unspecified atom stereocenters. The van der Waals surface area contributed by atoms with E-state index in [-0.39, 0.29) is 30.9 Å². The first-order valence-corrected chi connectivity index (χ1v) is 10.5. The summed E-state index contributed by atoms with van der Waals surface area (Å²) in [6.45, 7) is 0.466. The minimum Gasteiger partial charge on any atom is -0.492 e. The predicted molar refractivity (Wildman–Crippen MR) is 123 cm³/mol. The monoisotopic (exact) mass is 461 g/mol. The number of fused-ring (bicyclic) bond motifs is 1. The lowest BCUT2D eigenvalue weighted by Crippen LogP contribution is -2.27. The van der Waals surface area contributed by atoms with E-state index in [1.54, 1.807) is 49.2 Å². The van der Waals surface area contributed by atoms with Crippen LogP contribution in [0.15, 0.2) is 77.5 Å². The second-order valence-electron chi connectivity index (χ2n) is 7.34. The summed E-state index contributed by atoms with van der Waals surface area (Å²) in [4.78, 5) is 28.1. The molecule has 0 bridgehead atoms. The minimum atomic E-state index is -0.606. The number of methoxy groups -OCH3 is 1. The van der Waals surface area contributed by atoms with Gasteiger partial charge in [-0.3, -0.25) is 19.8 Å². The molecule has 0 saturated heterocycles. The van der Waals surface area contributed by atoms with Crippen molar-refractivity contribution in [1.82, 2.24) is 15.8 Å².